The summed E-state index contributed by atoms with van der Waals surface area (Å²) < 4.78 is 16.5. The van der Waals surface area contributed by atoms with Crippen molar-refractivity contribution in [2.45, 2.75) is 39.7 Å². The van der Waals surface area contributed by atoms with Crippen molar-refractivity contribution in [3.8, 4) is 22.7 Å². The van der Waals surface area contributed by atoms with Crippen LogP contribution in [0.15, 0.2) is 59.9 Å². The summed E-state index contributed by atoms with van der Waals surface area (Å²) in [6.07, 6.45) is 2.86. The lowest BCUT2D eigenvalue weighted by atomic mass is 10.0. The fourth-order valence-corrected chi connectivity index (χ4v) is 5.81. The Kier molecular flexibility index (Phi) is 7.82. The van der Waals surface area contributed by atoms with Crippen molar-refractivity contribution in [3.05, 3.63) is 87.6 Å². The van der Waals surface area contributed by atoms with Crippen LogP contribution in [0.5, 0.6) is 5.75 Å². The van der Waals surface area contributed by atoms with Gasteiger partial charge in [0.1, 0.15) is 17.4 Å². The van der Waals surface area contributed by atoms with Gasteiger partial charge in [-0.3, -0.25) is 4.79 Å². The Morgan fingerprint density at radius 1 is 1.22 bits per heavy atom. The average Bonchev–Trinajstić information content (AvgIpc) is 2.94. The Hall–Kier alpha value is -4.24. The number of piperazine rings is 1. The summed E-state index contributed by atoms with van der Waals surface area (Å²) in [5.74, 6) is -0.794. The molecule has 2 aromatic carbocycles. The first-order valence-electron chi connectivity index (χ1n) is 13.5. The molecular weight excluding hydrogens is 545 g/mol. The number of carbonyl (C=O) groups excluding carboxylic acids is 1. The molecule has 0 radical (unpaired) electrons. The molecule has 3 heterocycles. The number of aryl methyl sites for hydroxylation is 2. The molecule has 1 saturated heterocycles. The number of anilines is 1. The molecule has 1 N–H and O–H groups in total. The van der Waals surface area contributed by atoms with Crippen LogP contribution in [0.4, 0.5) is 10.2 Å². The number of hydrogen-bond acceptors (Lipinski definition) is 6. The number of amides is 1. The third-order valence-electron chi connectivity index (χ3n) is 7.48. The summed E-state index contributed by atoms with van der Waals surface area (Å²) in [4.78, 5) is 39.2. The van der Waals surface area contributed by atoms with Gasteiger partial charge in [-0.15, -0.1) is 0 Å². The van der Waals surface area contributed by atoms with Gasteiger partial charge >= 0.3 is 5.69 Å². The predicted molar refractivity (Wildman–Crippen MR) is 160 cm³/mol. The number of benzene rings is 2. The number of pyridine rings is 1. The molecule has 0 saturated carbocycles. The summed E-state index contributed by atoms with van der Waals surface area (Å²) >= 11 is 6.73. The first-order valence-corrected chi connectivity index (χ1v) is 13.9. The maximum atomic E-state index is 15.0. The van der Waals surface area contributed by atoms with E-state index in [1.807, 2.05) is 36.9 Å². The molecule has 1 amide bonds. The zero-order valence-corrected chi connectivity index (χ0v) is 24.0. The number of carbonyl (C=O) groups is 1. The minimum atomic E-state index is -0.693. The van der Waals surface area contributed by atoms with Gasteiger partial charge in [0.25, 0.3) is 0 Å². The number of phenolic OH excluding ortho intramolecular Hbond substituents is 1. The minimum Gasteiger partial charge on any atom is -0.507 e. The molecule has 0 aliphatic carbocycles. The maximum Gasteiger partial charge on any atom is 0.355 e. The zero-order chi connectivity index (χ0) is 29.4. The van der Waals surface area contributed by atoms with Crippen molar-refractivity contribution in [1.29, 1.82) is 0 Å². The number of phenols is 1. The van der Waals surface area contributed by atoms with Crippen LogP contribution in [0.2, 0.25) is 5.02 Å². The van der Waals surface area contributed by atoms with Crippen molar-refractivity contribution in [1.82, 2.24) is 19.4 Å². The van der Waals surface area contributed by atoms with Crippen LogP contribution < -0.4 is 10.6 Å². The molecule has 8 nitrogen and oxygen atoms in total. The smallest absolute Gasteiger partial charge is 0.355 e. The second-order valence-corrected chi connectivity index (χ2v) is 10.6. The van der Waals surface area contributed by atoms with Gasteiger partial charge in [-0.05, 0) is 55.7 Å². The number of aromatic nitrogens is 3. The van der Waals surface area contributed by atoms with Gasteiger partial charge in [-0.25, -0.2) is 18.7 Å². The van der Waals surface area contributed by atoms with E-state index in [0.29, 0.717) is 36.5 Å². The molecule has 0 bridgehead atoms. The molecule has 0 spiro atoms. The largest absolute Gasteiger partial charge is 0.507 e. The topological polar surface area (TPSA) is 91.6 Å². The number of nitrogens with zero attached hydrogens (tertiary/aromatic N) is 5. The Morgan fingerprint density at radius 2 is 1.98 bits per heavy atom. The highest BCUT2D eigenvalue weighted by molar-refractivity contribution is 6.34. The van der Waals surface area contributed by atoms with Crippen LogP contribution in [-0.4, -0.2) is 56.1 Å². The SMILES string of the molecule is C=CC(=O)N1CCN(c2nc(=O)n(-c3c(C)cccc3CCC)c3nc(-c4c(O)cccc4F)c(Cl)cc23)[C@@H](C)C1. The second-order valence-electron chi connectivity index (χ2n) is 10.2. The number of para-hydroxylation sites is 1. The van der Waals surface area contributed by atoms with E-state index in [2.05, 4.69) is 18.5 Å². The number of halogens is 2. The maximum absolute atomic E-state index is 15.0. The van der Waals surface area contributed by atoms with Gasteiger partial charge in [-0.1, -0.05) is 55.8 Å². The lowest BCUT2D eigenvalue weighted by Gasteiger charge is -2.40. The first-order chi connectivity index (χ1) is 19.7. The molecule has 0 unspecified atom stereocenters. The first kappa shape index (κ1) is 28.3. The second kappa shape index (κ2) is 11.3. The lowest BCUT2D eigenvalue weighted by Crippen LogP contribution is -2.54. The summed E-state index contributed by atoms with van der Waals surface area (Å²) in [5.41, 5.74) is 2.02. The predicted octanol–water partition coefficient (Wildman–Crippen LogP) is 5.43. The third-order valence-corrected chi connectivity index (χ3v) is 7.77. The van der Waals surface area contributed by atoms with E-state index in [9.17, 15) is 14.7 Å². The Balaban J connectivity index is 1.82. The Morgan fingerprint density at radius 3 is 2.66 bits per heavy atom. The van der Waals surface area contributed by atoms with Gasteiger partial charge in [0, 0.05) is 25.7 Å². The standard InChI is InChI=1S/C31H31ClFN5O3/c1-5-9-20-11-7-10-18(3)28(20)38-30-21(16-22(32)27(34-30)26-23(33)12-8-13-24(26)39)29(35-31(38)41)37-15-14-36(17-19(37)4)25(40)6-2/h6-8,10-13,16,19,39H,2,5,9,14-15,17H2,1,3-4H3/t19-/m0/s1. The number of hydrogen-bond donors (Lipinski definition) is 1. The number of aromatic hydroxyl groups is 1. The molecule has 212 valence electrons. The highest BCUT2D eigenvalue weighted by atomic mass is 35.5. The Labute approximate surface area is 242 Å². The van der Waals surface area contributed by atoms with Crippen LogP contribution in [0.3, 0.4) is 0 Å². The third kappa shape index (κ3) is 5.06. The highest BCUT2D eigenvalue weighted by Crippen LogP contribution is 2.39. The van der Waals surface area contributed by atoms with Crippen LogP contribution >= 0.6 is 11.6 Å². The average molecular weight is 576 g/mol. The molecule has 4 aromatic rings. The molecule has 1 atom stereocenters. The van der Waals surface area contributed by atoms with Gasteiger partial charge in [0.2, 0.25) is 5.91 Å². The summed E-state index contributed by atoms with van der Waals surface area (Å²) in [6.45, 7) is 10.8. The van der Waals surface area contributed by atoms with E-state index in [1.54, 1.807) is 11.0 Å². The molecule has 5 rings (SSSR count). The van der Waals surface area contributed by atoms with Gasteiger partial charge in [0.05, 0.1) is 27.4 Å². The van der Waals surface area contributed by atoms with E-state index >= 15 is 4.39 Å². The van der Waals surface area contributed by atoms with E-state index < -0.39 is 11.5 Å². The molecule has 1 aliphatic rings. The van der Waals surface area contributed by atoms with Gasteiger partial charge in [-0.2, -0.15) is 4.98 Å². The van der Waals surface area contributed by atoms with Crippen LogP contribution in [0, 0.1) is 12.7 Å². The summed E-state index contributed by atoms with van der Waals surface area (Å²) in [6, 6.07) is 11.2. The molecule has 1 fully saturated rings. The number of rotatable bonds is 6. The number of fused-ring (bicyclic) bond motifs is 1. The Bertz CT molecular complexity index is 1720. The van der Waals surface area contributed by atoms with Crippen molar-refractivity contribution in [2.24, 2.45) is 0 Å². The molecule has 2 aromatic heterocycles. The van der Waals surface area contributed by atoms with Crippen LogP contribution in [0.25, 0.3) is 28.0 Å². The fraction of sp³-hybridized carbons (Fsp3) is 0.290. The van der Waals surface area contributed by atoms with Crippen molar-refractivity contribution < 1.29 is 14.3 Å². The van der Waals surface area contributed by atoms with E-state index in [-0.39, 0.29) is 39.6 Å². The van der Waals surface area contributed by atoms with Crippen LogP contribution in [-0.2, 0) is 11.2 Å². The van der Waals surface area contributed by atoms with Crippen molar-refractivity contribution in [2.75, 3.05) is 24.5 Å². The minimum absolute atomic E-state index is 0.0140. The van der Waals surface area contributed by atoms with Crippen molar-refractivity contribution >= 4 is 34.4 Å². The monoisotopic (exact) mass is 575 g/mol. The summed E-state index contributed by atoms with van der Waals surface area (Å²) in [7, 11) is 0. The normalized spacial score (nSPS) is 15.4. The molecular formula is C31H31ClFN5O3. The van der Waals surface area contributed by atoms with Crippen LogP contribution in [0.1, 0.15) is 31.4 Å². The molecule has 10 heteroatoms. The highest BCUT2D eigenvalue weighted by Gasteiger charge is 2.30. The molecule has 1 aliphatic heterocycles. The molecule has 41 heavy (non-hydrogen) atoms. The van der Waals surface area contributed by atoms with E-state index in [0.717, 1.165) is 24.0 Å². The van der Waals surface area contributed by atoms with E-state index in [1.165, 1.54) is 28.8 Å². The quantitative estimate of drug-likeness (QED) is 0.308. The van der Waals surface area contributed by atoms with Crippen molar-refractivity contribution in [3.63, 3.8) is 0 Å². The van der Waals surface area contributed by atoms with Gasteiger partial charge in [0.15, 0.2) is 5.65 Å². The zero-order valence-electron chi connectivity index (χ0n) is 23.2. The fourth-order valence-electron chi connectivity index (χ4n) is 5.56. The van der Waals surface area contributed by atoms with Gasteiger partial charge < -0.3 is 14.9 Å². The van der Waals surface area contributed by atoms with E-state index in [4.69, 9.17) is 16.6 Å². The lowest BCUT2D eigenvalue weighted by molar-refractivity contribution is -0.126. The summed E-state index contributed by atoms with van der Waals surface area (Å²) in [5, 5.41) is 11.1.